The lowest BCUT2D eigenvalue weighted by Crippen LogP contribution is -2.48. The second-order valence-corrected chi connectivity index (χ2v) is 9.00. The van der Waals surface area contributed by atoms with E-state index in [-0.39, 0.29) is 15.6 Å². The predicted molar refractivity (Wildman–Crippen MR) is 103 cm³/mol. The van der Waals surface area contributed by atoms with Crippen LogP contribution in [0.4, 0.5) is 11.4 Å². The molecule has 1 aliphatic rings. The molecule has 10 heteroatoms. The molecule has 2 aromatic carbocycles. The molecule has 26 heavy (non-hydrogen) atoms. The third-order valence-electron chi connectivity index (χ3n) is 4.16. The number of sulfonamides is 1. The summed E-state index contributed by atoms with van der Waals surface area (Å²) in [7, 11) is -3.56. The van der Waals surface area contributed by atoms with Crippen LogP contribution in [0, 0.1) is 10.1 Å². The minimum Gasteiger partial charge on any atom is -0.368 e. The Labute approximate surface area is 164 Å². The van der Waals surface area contributed by atoms with Crippen LogP contribution in [0.1, 0.15) is 0 Å². The first-order valence-corrected chi connectivity index (χ1v) is 10.3. The summed E-state index contributed by atoms with van der Waals surface area (Å²) in [5.74, 6) is 0. The Morgan fingerprint density at radius 3 is 2.35 bits per heavy atom. The Hall–Kier alpha value is -1.68. The maximum atomic E-state index is 12.8. The summed E-state index contributed by atoms with van der Waals surface area (Å²) in [6, 6.07) is 10.9. The molecule has 0 aliphatic carbocycles. The van der Waals surface area contributed by atoms with Crippen molar-refractivity contribution in [3.8, 4) is 0 Å². The van der Waals surface area contributed by atoms with Crippen molar-refractivity contribution >= 4 is 48.9 Å². The van der Waals surface area contributed by atoms with E-state index in [1.54, 1.807) is 30.3 Å². The molecule has 0 radical (unpaired) electrons. The highest BCUT2D eigenvalue weighted by molar-refractivity contribution is 9.10. The monoisotopic (exact) mass is 459 g/mol. The normalized spacial score (nSPS) is 15.8. The summed E-state index contributed by atoms with van der Waals surface area (Å²) in [6.45, 7) is 1.51. The first-order valence-electron chi connectivity index (χ1n) is 7.73. The molecule has 1 fully saturated rings. The average Bonchev–Trinajstić information content (AvgIpc) is 2.61. The van der Waals surface area contributed by atoms with E-state index in [1.807, 2.05) is 4.90 Å². The van der Waals surface area contributed by atoms with Crippen LogP contribution in [0.5, 0.6) is 0 Å². The molecule has 0 aromatic heterocycles. The summed E-state index contributed by atoms with van der Waals surface area (Å²) in [5, 5.41) is 11.1. The van der Waals surface area contributed by atoms with Crippen LogP contribution in [0.2, 0.25) is 5.02 Å². The third kappa shape index (κ3) is 3.85. The molecule has 0 atom stereocenters. The number of hydrogen-bond acceptors (Lipinski definition) is 5. The number of hydrogen-bond donors (Lipinski definition) is 0. The SMILES string of the molecule is O=[N+]([O-])c1ccc(N2CCN(S(=O)(=O)c3cccc(Br)c3)CC2)c(Cl)c1. The number of non-ortho nitro benzene ring substituents is 1. The lowest BCUT2D eigenvalue weighted by Gasteiger charge is -2.35. The van der Waals surface area contributed by atoms with E-state index in [2.05, 4.69) is 15.9 Å². The molecule has 2 aromatic rings. The molecule has 7 nitrogen and oxygen atoms in total. The Balaban J connectivity index is 1.74. The smallest absolute Gasteiger partial charge is 0.271 e. The minimum absolute atomic E-state index is 0.0744. The van der Waals surface area contributed by atoms with Crippen LogP contribution in [0.25, 0.3) is 0 Å². The number of piperazine rings is 1. The third-order valence-corrected chi connectivity index (χ3v) is 6.85. The van der Waals surface area contributed by atoms with Gasteiger partial charge in [0.2, 0.25) is 10.0 Å². The molecule has 1 heterocycles. The molecule has 1 aliphatic heterocycles. The number of nitrogens with zero attached hydrogens (tertiary/aromatic N) is 3. The van der Waals surface area contributed by atoms with Crippen molar-refractivity contribution in [3.63, 3.8) is 0 Å². The number of anilines is 1. The zero-order valence-electron chi connectivity index (χ0n) is 13.5. The number of benzene rings is 2. The molecule has 138 valence electrons. The van der Waals surface area contributed by atoms with E-state index in [0.29, 0.717) is 36.3 Å². The van der Waals surface area contributed by atoms with Gasteiger partial charge in [0.15, 0.2) is 0 Å². The number of halogens is 2. The first kappa shape index (κ1) is 19.1. The van der Waals surface area contributed by atoms with Crippen molar-refractivity contribution in [2.24, 2.45) is 0 Å². The Morgan fingerprint density at radius 1 is 1.08 bits per heavy atom. The molecular formula is C16H15BrClN3O4S. The number of nitro groups is 1. The summed E-state index contributed by atoms with van der Waals surface area (Å²) in [4.78, 5) is 12.5. The first-order chi connectivity index (χ1) is 12.3. The summed E-state index contributed by atoms with van der Waals surface area (Å²) >= 11 is 9.45. The van der Waals surface area contributed by atoms with Crippen LogP contribution in [-0.4, -0.2) is 43.8 Å². The fraction of sp³-hybridized carbons (Fsp3) is 0.250. The van der Waals surface area contributed by atoms with E-state index < -0.39 is 14.9 Å². The van der Waals surface area contributed by atoms with E-state index in [4.69, 9.17) is 11.6 Å². The fourth-order valence-electron chi connectivity index (χ4n) is 2.81. The minimum atomic E-state index is -3.56. The Bertz CT molecular complexity index is 946. The van der Waals surface area contributed by atoms with Gasteiger partial charge in [-0.2, -0.15) is 4.31 Å². The topological polar surface area (TPSA) is 83.8 Å². The molecule has 0 spiro atoms. The summed E-state index contributed by atoms with van der Waals surface area (Å²) in [5.41, 5.74) is 0.589. The number of nitro benzene ring substituents is 1. The predicted octanol–water partition coefficient (Wildman–Crippen LogP) is 3.52. The van der Waals surface area contributed by atoms with Gasteiger partial charge in [-0.05, 0) is 24.3 Å². The zero-order chi connectivity index (χ0) is 18.9. The molecule has 0 bridgehead atoms. The molecule has 3 rings (SSSR count). The van der Waals surface area contributed by atoms with Gasteiger partial charge in [-0.3, -0.25) is 10.1 Å². The van der Waals surface area contributed by atoms with E-state index in [9.17, 15) is 18.5 Å². The second-order valence-electron chi connectivity index (χ2n) is 5.74. The largest absolute Gasteiger partial charge is 0.368 e. The van der Waals surface area contributed by atoms with E-state index >= 15 is 0 Å². The van der Waals surface area contributed by atoms with Gasteiger partial charge in [0.1, 0.15) is 0 Å². The average molecular weight is 461 g/mol. The molecule has 0 saturated carbocycles. The van der Waals surface area contributed by atoms with E-state index in [0.717, 1.165) is 0 Å². The van der Waals surface area contributed by atoms with Crippen LogP contribution in [0.15, 0.2) is 51.8 Å². The number of rotatable bonds is 4. The van der Waals surface area contributed by atoms with Gasteiger partial charge >= 0.3 is 0 Å². The molecule has 0 amide bonds. The maximum absolute atomic E-state index is 12.8. The molecular weight excluding hydrogens is 446 g/mol. The van der Waals surface area contributed by atoms with Crippen molar-refractivity contribution < 1.29 is 13.3 Å². The van der Waals surface area contributed by atoms with Crippen molar-refractivity contribution in [3.05, 3.63) is 62.1 Å². The molecule has 1 saturated heterocycles. The van der Waals surface area contributed by atoms with Crippen LogP contribution >= 0.6 is 27.5 Å². The standard InChI is InChI=1S/C16H15BrClN3O4S/c17-12-2-1-3-14(10-12)26(24,25)20-8-6-19(7-9-20)16-5-4-13(21(22)23)11-15(16)18/h1-5,10-11H,6-9H2. The van der Waals surface area contributed by atoms with Crippen molar-refractivity contribution in [1.82, 2.24) is 4.31 Å². The quantitative estimate of drug-likeness (QED) is 0.515. The molecule has 0 unspecified atom stereocenters. The summed E-state index contributed by atoms with van der Waals surface area (Å²) < 4.78 is 27.6. The van der Waals surface area contributed by atoms with Gasteiger partial charge in [-0.15, -0.1) is 0 Å². The van der Waals surface area contributed by atoms with Gasteiger partial charge in [0.05, 0.1) is 20.5 Å². The van der Waals surface area contributed by atoms with Gasteiger partial charge in [0, 0.05) is 42.8 Å². The Morgan fingerprint density at radius 2 is 1.77 bits per heavy atom. The highest BCUT2D eigenvalue weighted by atomic mass is 79.9. The van der Waals surface area contributed by atoms with Gasteiger partial charge in [0.25, 0.3) is 5.69 Å². The van der Waals surface area contributed by atoms with Crippen molar-refractivity contribution in [2.45, 2.75) is 4.90 Å². The van der Waals surface area contributed by atoms with Crippen LogP contribution in [0.3, 0.4) is 0 Å². The lowest BCUT2D eigenvalue weighted by atomic mass is 10.2. The highest BCUT2D eigenvalue weighted by Gasteiger charge is 2.29. The van der Waals surface area contributed by atoms with Gasteiger partial charge < -0.3 is 4.90 Å². The van der Waals surface area contributed by atoms with E-state index in [1.165, 1.54) is 16.4 Å². The lowest BCUT2D eigenvalue weighted by molar-refractivity contribution is -0.384. The fourth-order valence-corrected chi connectivity index (χ4v) is 5.13. The van der Waals surface area contributed by atoms with Gasteiger partial charge in [-0.1, -0.05) is 33.6 Å². The molecule has 0 N–H and O–H groups in total. The van der Waals surface area contributed by atoms with Crippen molar-refractivity contribution in [1.29, 1.82) is 0 Å². The second kappa shape index (κ2) is 7.51. The highest BCUT2D eigenvalue weighted by Crippen LogP contribution is 2.31. The zero-order valence-corrected chi connectivity index (χ0v) is 16.7. The summed E-state index contributed by atoms with van der Waals surface area (Å²) in [6.07, 6.45) is 0. The Kier molecular flexibility index (Phi) is 5.52. The van der Waals surface area contributed by atoms with Crippen molar-refractivity contribution in [2.75, 3.05) is 31.1 Å². The van der Waals surface area contributed by atoms with Gasteiger partial charge in [-0.25, -0.2) is 8.42 Å². The van der Waals surface area contributed by atoms with Crippen LogP contribution in [-0.2, 0) is 10.0 Å². The van der Waals surface area contributed by atoms with Crippen LogP contribution < -0.4 is 4.90 Å². The maximum Gasteiger partial charge on any atom is 0.271 e.